The summed E-state index contributed by atoms with van der Waals surface area (Å²) in [5.41, 5.74) is -1.02. The number of nitrogens with one attached hydrogen (secondary N) is 3. The highest BCUT2D eigenvalue weighted by Crippen LogP contribution is 2.22. The summed E-state index contributed by atoms with van der Waals surface area (Å²) < 4.78 is 97.8. The SMILES string of the molecule is CNS(=O)(=O)N1CCC(NS(=O)c2cn(C)c(C(=O)Nc3cc(F)c(F)c(F)c3)c2F)C1. The van der Waals surface area contributed by atoms with Gasteiger partial charge in [-0.1, -0.05) is 0 Å². The fourth-order valence-corrected chi connectivity index (χ4v) is 5.28. The molecule has 3 N–H and O–H groups in total. The second-order valence-corrected chi connectivity index (χ2v) is 10.0. The minimum Gasteiger partial charge on any atom is -0.343 e. The summed E-state index contributed by atoms with van der Waals surface area (Å²) in [4.78, 5) is 12.0. The highest BCUT2D eigenvalue weighted by atomic mass is 32.2. The van der Waals surface area contributed by atoms with E-state index in [1.807, 2.05) is 0 Å². The van der Waals surface area contributed by atoms with Gasteiger partial charge in [0.25, 0.3) is 16.1 Å². The number of anilines is 1. The molecule has 1 amide bonds. The molecule has 0 radical (unpaired) electrons. The van der Waals surface area contributed by atoms with E-state index in [2.05, 4.69) is 14.8 Å². The molecule has 1 aromatic heterocycles. The molecule has 0 saturated carbocycles. The van der Waals surface area contributed by atoms with Gasteiger partial charge >= 0.3 is 0 Å². The van der Waals surface area contributed by atoms with E-state index < -0.39 is 67.8 Å². The second kappa shape index (κ2) is 9.27. The minimum atomic E-state index is -3.66. The largest absolute Gasteiger partial charge is 0.343 e. The molecule has 15 heteroatoms. The van der Waals surface area contributed by atoms with Gasteiger partial charge in [-0.3, -0.25) is 4.79 Å². The number of amides is 1. The fourth-order valence-electron chi connectivity index (χ4n) is 3.16. The molecule has 2 atom stereocenters. The van der Waals surface area contributed by atoms with E-state index in [1.165, 1.54) is 14.1 Å². The van der Waals surface area contributed by atoms with E-state index in [0.29, 0.717) is 18.6 Å². The Bertz CT molecular complexity index is 1160. The molecule has 1 aliphatic rings. The summed E-state index contributed by atoms with van der Waals surface area (Å²) in [6.45, 7) is 0.187. The third kappa shape index (κ3) is 4.85. The molecule has 1 saturated heterocycles. The quantitative estimate of drug-likeness (QED) is 0.391. The number of halogens is 4. The van der Waals surface area contributed by atoms with Crippen molar-refractivity contribution >= 4 is 32.8 Å². The molecule has 3 rings (SSSR count). The molecule has 0 bridgehead atoms. The van der Waals surface area contributed by atoms with Crippen LogP contribution in [0.4, 0.5) is 23.2 Å². The lowest BCUT2D eigenvalue weighted by molar-refractivity contribution is 0.101. The van der Waals surface area contributed by atoms with Crippen molar-refractivity contribution in [2.45, 2.75) is 17.4 Å². The van der Waals surface area contributed by atoms with Crippen LogP contribution in [0.3, 0.4) is 0 Å². The first-order valence-corrected chi connectivity index (χ1v) is 11.7. The third-order valence-electron chi connectivity index (χ3n) is 4.77. The van der Waals surface area contributed by atoms with Crippen molar-refractivity contribution < 1.29 is 35.0 Å². The zero-order valence-electron chi connectivity index (χ0n) is 16.8. The van der Waals surface area contributed by atoms with E-state index in [-0.39, 0.29) is 18.0 Å². The monoisotopic (exact) mass is 497 g/mol. The Morgan fingerprint density at radius 1 is 1.16 bits per heavy atom. The van der Waals surface area contributed by atoms with Gasteiger partial charge in [-0.25, -0.2) is 31.2 Å². The number of aromatic nitrogens is 1. The van der Waals surface area contributed by atoms with E-state index in [1.54, 1.807) is 0 Å². The lowest BCUT2D eigenvalue weighted by Gasteiger charge is -2.15. The Balaban J connectivity index is 1.74. The summed E-state index contributed by atoms with van der Waals surface area (Å²) >= 11 is 0. The fraction of sp³-hybridized carbons (Fsp3) is 0.353. The van der Waals surface area contributed by atoms with Gasteiger partial charge in [0.2, 0.25) is 0 Å². The molecule has 2 unspecified atom stereocenters. The Kier molecular flexibility index (Phi) is 7.04. The zero-order chi connectivity index (χ0) is 23.8. The van der Waals surface area contributed by atoms with Crippen molar-refractivity contribution in [1.82, 2.24) is 18.3 Å². The molecular formula is C17H19F4N5O4S2. The van der Waals surface area contributed by atoms with E-state index in [4.69, 9.17) is 0 Å². The average molecular weight is 497 g/mol. The predicted molar refractivity (Wildman–Crippen MR) is 107 cm³/mol. The predicted octanol–water partition coefficient (Wildman–Crippen LogP) is 0.984. The van der Waals surface area contributed by atoms with Crippen LogP contribution in [0.1, 0.15) is 16.9 Å². The molecule has 32 heavy (non-hydrogen) atoms. The Labute approximate surface area is 183 Å². The Morgan fingerprint density at radius 2 is 1.78 bits per heavy atom. The molecule has 9 nitrogen and oxygen atoms in total. The van der Waals surface area contributed by atoms with Crippen molar-refractivity contribution in [3.63, 3.8) is 0 Å². The standard InChI is InChI=1S/C17H19F4N5O4S2/c1-22-32(29,30)26-4-3-9(7-26)24-31(28)13-8-25(2)16(15(13)21)17(27)23-10-5-11(18)14(20)12(19)6-10/h5-6,8-9,22,24H,3-4,7H2,1-2H3,(H,23,27). The number of carbonyl (C=O) groups is 1. The summed E-state index contributed by atoms with van der Waals surface area (Å²) in [6, 6.07) is 0.534. The lowest BCUT2D eigenvalue weighted by Crippen LogP contribution is -2.40. The summed E-state index contributed by atoms with van der Waals surface area (Å²) in [5, 5.41) is 2.06. The number of hydrogen-bond acceptors (Lipinski definition) is 4. The van der Waals surface area contributed by atoms with Gasteiger partial charge in [0.15, 0.2) is 23.3 Å². The number of rotatable bonds is 7. The number of nitrogens with zero attached hydrogens (tertiary/aromatic N) is 2. The van der Waals surface area contributed by atoms with Crippen LogP contribution in [0.15, 0.2) is 23.2 Å². The van der Waals surface area contributed by atoms with Crippen LogP contribution in [0.5, 0.6) is 0 Å². The van der Waals surface area contributed by atoms with E-state index >= 15 is 0 Å². The maximum absolute atomic E-state index is 14.9. The normalized spacial score (nSPS) is 18.1. The van der Waals surface area contributed by atoms with Crippen LogP contribution in [0.25, 0.3) is 0 Å². The number of aryl methyl sites for hydroxylation is 1. The van der Waals surface area contributed by atoms with Crippen LogP contribution in [0, 0.1) is 23.3 Å². The molecule has 0 spiro atoms. The summed E-state index contributed by atoms with van der Waals surface area (Å²) in [7, 11) is -3.23. The van der Waals surface area contributed by atoms with E-state index in [0.717, 1.165) is 15.1 Å². The molecule has 0 aliphatic carbocycles. The number of carbonyl (C=O) groups excluding carboxylic acids is 1. The lowest BCUT2D eigenvalue weighted by atomic mass is 10.2. The first-order chi connectivity index (χ1) is 14.9. The molecule has 1 aromatic carbocycles. The van der Waals surface area contributed by atoms with Crippen LogP contribution in [-0.2, 0) is 28.2 Å². The molecule has 2 heterocycles. The van der Waals surface area contributed by atoms with Gasteiger partial charge in [-0.15, -0.1) is 0 Å². The highest BCUT2D eigenvalue weighted by Gasteiger charge is 2.32. The van der Waals surface area contributed by atoms with Crippen molar-refractivity contribution in [3.05, 3.63) is 47.3 Å². The second-order valence-electron chi connectivity index (χ2n) is 6.91. The first-order valence-electron chi connectivity index (χ1n) is 9.12. The van der Waals surface area contributed by atoms with Crippen LogP contribution >= 0.6 is 0 Å². The molecule has 176 valence electrons. The van der Waals surface area contributed by atoms with Gasteiger partial charge in [0.05, 0.1) is 0 Å². The Hall–Kier alpha value is -2.33. The maximum Gasteiger partial charge on any atom is 0.279 e. The van der Waals surface area contributed by atoms with Crippen LogP contribution < -0.4 is 14.8 Å². The molecular weight excluding hydrogens is 478 g/mol. The van der Waals surface area contributed by atoms with Crippen LogP contribution in [0.2, 0.25) is 0 Å². The molecule has 2 aromatic rings. The summed E-state index contributed by atoms with van der Waals surface area (Å²) in [6.07, 6.45) is 1.42. The first kappa shape index (κ1) is 24.3. The molecule has 1 aliphatic heterocycles. The number of hydrogen-bond donors (Lipinski definition) is 3. The van der Waals surface area contributed by atoms with Crippen LogP contribution in [-0.4, -0.2) is 53.6 Å². The van der Waals surface area contributed by atoms with Crippen molar-refractivity contribution in [2.75, 3.05) is 25.5 Å². The van der Waals surface area contributed by atoms with Gasteiger partial charge < -0.3 is 9.88 Å². The Morgan fingerprint density at radius 3 is 2.38 bits per heavy atom. The highest BCUT2D eigenvalue weighted by molar-refractivity contribution is 7.87. The summed E-state index contributed by atoms with van der Waals surface area (Å²) in [5.74, 6) is -7.04. The average Bonchev–Trinajstić information content (AvgIpc) is 3.30. The van der Waals surface area contributed by atoms with Crippen molar-refractivity contribution in [3.8, 4) is 0 Å². The zero-order valence-corrected chi connectivity index (χ0v) is 18.4. The van der Waals surface area contributed by atoms with Gasteiger partial charge in [-0.2, -0.15) is 12.7 Å². The maximum atomic E-state index is 14.9. The minimum absolute atomic E-state index is 0.0123. The van der Waals surface area contributed by atoms with E-state index in [9.17, 15) is 35.0 Å². The van der Waals surface area contributed by atoms with Gasteiger partial charge in [0.1, 0.15) is 21.6 Å². The topological polar surface area (TPSA) is 113 Å². The van der Waals surface area contributed by atoms with Crippen molar-refractivity contribution in [2.24, 2.45) is 7.05 Å². The molecule has 1 fully saturated rings. The third-order valence-corrected chi connectivity index (χ3v) is 7.53. The smallest absolute Gasteiger partial charge is 0.279 e. The van der Waals surface area contributed by atoms with Gasteiger partial charge in [-0.05, 0) is 6.42 Å². The number of benzene rings is 1. The van der Waals surface area contributed by atoms with Crippen molar-refractivity contribution in [1.29, 1.82) is 0 Å². The van der Waals surface area contributed by atoms with Gasteiger partial charge in [0, 0.05) is 57.2 Å².